The number of anilines is 1. The molecule has 3 aliphatic rings. The Morgan fingerprint density at radius 3 is 3.00 bits per heavy atom. The van der Waals surface area contributed by atoms with Crippen LogP contribution in [-0.2, 0) is 51.7 Å². The number of hydrogen-bond donors (Lipinski definition) is 3. The van der Waals surface area contributed by atoms with Gasteiger partial charge in [-0.1, -0.05) is 6.07 Å². The molecule has 2 unspecified atom stereocenters. The number of nitrogens with two attached hydrogens (primary N) is 1. The number of ether oxygens (including phenoxy) is 2. The molecule has 0 radical (unpaired) electrons. The van der Waals surface area contributed by atoms with Crippen LogP contribution in [0.4, 0.5) is 10.1 Å². The molecule has 0 spiro atoms. The lowest BCUT2D eigenvalue weighted by atomic mass is 9.97. The van der Waals surface area contributed by atoms with Crippen molar-refractivity contribution in [1.82, 2.24) is 9.78 Å². The van der Waals surface area contributed by atoms with Crippen molar-refractivity contribution in [1.29, 1.82) is 4.78 Å². The Kier molecular flexibility index (Phi) is 4.61. The quantitative estimate of drug-likeness (QED) is 0.636. The lowest BCUT2D eigenvalue weighted by Crippen LogP contribution is -2.51. The van der Waals surface area contributed by atoms with E-state index >= 15 is 0 Å². The monoisotopic (exact) mass is 449 g/mol. The number of carbonyl (C=O) groups is 1. The number of hydrogen-bond acceptors (Lipinski definition) is 6. The van der Waals surface area contributed by atoms with Crippen molar-refractivity contribution in [3.8, 4) is 5.88 Å². The normalized spacial score (nSPS) is 25.5. The van der Waals surface area contributed by atoms with Gasteiger partial charge in [0.2, 0.25) is 11.5 Å². The molecule has 0 fully saturated rings. The van der Waals surface area contributed by atoms with E-state index in [1.807, 2.05) is 0 Å². The molecular weight excluding hydrogens is 425 g/mol. The predicted molar refractivity (Wildman–Crippen MR) is 110 cm³/mol. The maximum Gasteiger partial charge on any atom is 0.273 e. The molecule has 9 nitrogen and oxygen atoms in total. The summed E-state index contributed by atoms with van der Waals surface area (Å²) < 4.78 is 46.5. The molecule has 5 rings (SSSR count). The summed E-state index contributed by atoms with van der Waals surface area (Å²) in [6.45, 7) is -0.0746. The molecule has 0 bridgehead atoms. The van der Waals surface area contributed by atoms with Gasteiger partial charge in [0.1, 0.15) is 21.0 Å². The minimum absolute atomic E-state index is 0.0144. The van der Waals surface area contributed by atoms with Crippen molar-refractivity contribution in [2.24, 2.45) is 5.14 Å². The van der Waals surface area contributed by atoms with Gasteiger partial charge < -0.3 is 14.8 Å². The van der Waals surface area contributed by atoms with E-state index in [2.05, 4.69) is 16.5 Å². The van der Waals surface area contributed by atoms with Crippen LogP contribution in [0.15, 0.2) is 17.2 Å². The number of rotatable bonds is 5. The molecule has 2 aliphatic carbocycles. The zero-order chi connectivity index (χ0) is 22.0. The first-order valence-electron chi connectivity index (χ1n) is 10.1. The molecule has 11 heteroatoms. The maximum absolute atomic E-state index is 14.2. The van der Waals surface area contributed by atoms with Crippen LogP contribution in [0, 0.1) is 4.78 Å². The molecular formula is C20H24FN5O4S. The molecule has 0 saturated carbocycles. The van der Waals surface area contributed by atoms with Crippen LogP contribution in [0.1, 0.15) is 28.7 Å². The number of nitrogens with one attached hydrogen (secondary N) is 2. The van der Waals surface area contributed by atoms with E-state index in [4.69, 9.17) is 19.4 Å². The molecule has 1 aromatic carbocycles. The number of benzene rings is 1. The molecule has 1 aliphatic heterocycles. The Bertz CT molecular complexity index is 1190. The molecule has 166 valence electrons. The lowest BCUT2D eigenvalue weighted by Gasteiger charge is -2.27. The summed E-state index contributed by atoms with van der Waals surface area (Å²) in [5.74, 6) is -0.425. The fourth-order valence-electron chi connectivity index (χ4n) is 4.91. The maximum atomic E-state index is 14.2. The Labute approximate surface area is 179 Å². The van der Waals surface area contributed by atoms with E-state index < -0.39 is 27.6 Å². The summed E-state index contributed by atoms with van der Waals surface area (Å²) in [5, 5.41) is 12.6. The highest BCUT2D eigenvalue weighted by atomic mass is 32.2. The standard InChI is InChI=1S/C20H24FN5O4S/c1-29-10-20(9-26-18(30-20)16(8-24-26)31(22,23)28)19(27)25-17-14-4-2-3-11(14)5-12-6-13(21)7-15(12)17/h5,8,13H,2-4,6-7,9-10H2,1H3,(H,25,27)(H3,22,23,28)/t13-,20?/m0/s1. The Morgan fingerprint density at radius 1 is 1.45 bits per heavy atom. The minimum Gasteiger partial charge on any atom is -0.456 e. The van der Waals surface area contributed by atoms with Crippen LogP contribution in [0.3, 0.4) is 0 Å². The average molecular weight is 450 g/mol. The largest absolute Gasteiger partial charge is 0.456 e. The SMILES string of the molecule is COCC1(C(=O)Nc2c3c(cc4c2C[C@@H](F)C4)CCC3)Cn2ncc(S(=N)(N)=O)c2O1. The first-order valence-corrected chi connectivity index (χ1v) is 11.8. The fourth-order valence-corrected chi connectivity index (χ4v) is 5.52. The van der Waals surface area contributed by atoms with Gasteiger partial charge in [-0.15, -0.1) is 0 Å². The van der Waals surface area contributed by atoms with E-state index in [1.165, 1.54) is 18.0 Å². The van der Waals surface area contributed by atoms with Crippen molar-refractivity contribution in [3.63, 3.8) is 0 Å². The third kappa shape index (κ3) is 3.22. The lowest BCUT2D eigenvalue weighted by molar-refractivity contribution is -0.134. The van der Waals surface area contributed by atoms with Crippen LogP contribution in [0.25, 0.3) is 0 Å². The van der Waals surface area contributed by atoms with Gasteiger partial charge in [-0.2, -0.15) is 5.10 Å². The summed E-state index contributed by atoms with van der Waals surface area (Å²) in [4.78, 5) is 13.5. The van der Waals surface area contributed by atoms with Crippen LogP contribution in [-0.4, -0.2) is 45.4 Å². The van der Waals surface area contributed by atoms with Gasteiger partial charge in [0.05, 0.1) is 19.3 Å². The van der Waals surface area contributed by atoms with E-state index in [0.717, 1.165) is 41.5 Å². The predicted octanol–water partition coefficient (Wildman–Crippen LogP) is 1.50. The highest BCUT2D eigenvalue weighted by Crippen LogP contribution is 2.41. The molecule has 3 atom stereocenters. The van der Waals surface area contributed by atoms with E-state index in [9.17, 15) is 13.4 Å². The van der Waals surface area contributed by atoms with Crippen LogP contribution >= 0.6 is 0 Å². The highest BCUT2D eigenvalue weighted by Gasteiger charge is 2.50. The number of aromatic nitrogens is 2. The number of alkyl halides is 1. The summed E-state index contributed by atoms with van der Waals surface area (Å²) in [6, 6.07) is 2.08. The minimum atomic E-state index is -3.58. The zero-order valence-corrected chi connectivity index (χ0v) is 17.9. The Balaban J connectivity index is 1.51. The van der Waals surface area contributed by atoms with Gasteiger partial charge in [-0.3, -0.25) is 4.79 Å². The zero-order valence-electron chi connectivity index (χ0n) is 17.1. The van der Waals surface area contributed by atoms with Gasteiger partial charge in [-0.25, -0.2) is 23.2 Å². The third-order valence-corrected chi connectivity index (χ3v) is 7.21. The summed E-state index contributed by atoms with van der Waals surface area (Å²) in [6.07, 6.45) is 3.63. The number of aryl methyl sites for hydroxylation is 1. The second-order valence-corrected chi connectivity index (χ2v) is 10.1. The van der Waals surface area contributed by atoms with Gasteiger partial charge in [0.25, 0.3) is 5.91 Å². The number of fused-ring (bicyclic) bond motifs is 3. The smallest absolute Gasteiger partial charge is 0.273 e. The van der Waals surface area contributed by atoms with Crippen molar-refractivity contribution in [2.45, 2.75) is 55.3 Å². The summed E-state index contributed by atoms with van der Waals surface area (Å²) >= 11 is 0. The number of methoxy groups -OCH3 is 1. The van der Waals surface area contributed by atoms with Gasteiger partial charge in [0.15, 0.2) is 0 Å². The van der Waals surface area contributed by atoms with Crippen molar-refractivity contribution >= 4 is 21.5 Å². The van der Waals surface area contributed by atoms with Crippen molar-refractivity contribution < 1.29 is 22.9 Å². The van der Waals surface area contributed by atoms with Crippen molar-refractivity contribution in [2.75, 3.05) is 19.0 Å². The van der Waals surface area contributed by atoms with Crippen LogP contribution in [0.5, 0.6) is 5.88 Å². The topological polar surface area (TPSA) is 132 Å². The number of nitrogens with zero attached hydrogens (tertiary/aromatic N) is 2. The summed E-state index contributed by atoms with van der Waals surface area (Å²) in [7, 11) is -2.13. The summed E-state index contributed by atoms with van der Waals surface area (Å²) in [5.41, 5.74) is 3.22. The second-order valence-electron chi connectivity index (χ2n) is 8.44. The van der Waals surface area contributed by atoms with Gasteiger partial charge >= 0.3 is 0 Å². The van der Waals surface area contributed by atoms with E-state index in [1.54, 1.807) is 0 Å². The number of amides is 1. The Hall–Kier alpha value is -2.50. The molecule has 1 amide bonds. The first kappa shape index (κ1) is 20.4. The first-order chi connectivity index (χ1) is 14.7. The van der Waals surface area contributed by atoms with Gasteiger partial charge in [-0.05, 0) is 41.5 Å². The molecule has 2 aromatic rings. The molecule has 31 heavy (non-hydrogen) atoms. The highest BCUT2D eigenvalue weighted by molar-refractivity contribution is 7.90. The third-order valence-electron chi connectivity index (χ3n) is 6.28. The van der Waals surface area contributed by atoms with Gasteiger partial charge in [0, 0.05) is 25.6 Å². The number of halogens is 1. The van der Waals surface area contributed by atoms with Crippen LogP contribution < -0.4 is 15.2 Å². The molecule has 0 saturated heterocycles. The number of carbonyl (C=O) groups excluding carboxylic acids is 1. The van der Waals surface area contributed by atoms with Crippen molar-refractivity contribution in [3.05, 3.63) is 34.5 Å². The molecule has 2 heterocycles. The average Bonchev–Trinajstić information content (AvgIpc) is 3.42. The fraction of sp³-hybridized carbons (Fsp3) is 0.500. The van der Waals surface area contributed by atoms with E-state index in [0.29, 0.717) is 12.1 Å². The van der Waals surface area contributed by atoms with Crippen LogP contribution in [0.2, 0.25) is 0 Å². The molecule has 4 N–H and O–H groups in total. The molecule has 1 aromatic heterocycles. The second kappa shape index (κ2) is 7.01. The Morgan fingerprint density at radius 2 is 2.26 bits per heavy atom. The van der Waals surface area contributed by atoms with E-state index in [-0.39, 0.29) is 30.3 Å².